The van der Waals surface area contributed by atoms with Crippen molar-refractivity contribution in [3.05, 3.63) is 99.6 Å². The standard InChI is InChI=1S/C34H25Br2N3O7/c1-16-4-2-7-21-22(34(43)46-15-26(40)18-5-3-6-20(12-18)39(44)45)14-25(37-31(16)21)17-8-10-19(11-9-17)38-32(41)27-23-13-24(28(27)33(38)42)30(36)29(23)35/h2-12,14,23-24,27-30H,13,15H2,1H3. The summed E-state index contributed by atoms with van der Waals surface area (Å²) >= 11 is 7.44. The fraction of sp³-hybridized carbons (Fsp3) is 0.265. The molecule has 3 aromatic carbocycles. The maximum atomic E-state index is 13.5. The van der Waals surface area contributed by atoms with Crippen LogP contribution in [-0.4, -0.2) is 49.7 Å². The quantitative estimate of drug-likeness (QED) is 0.0527. The lowest BCUT2D eigenvalue weighted by Gasteiger charge is -2.28. The number of alkyl halides is 2. The van der Waals surface area contributed by atoms with E-state index in [0.29, 0.717) is 27.8 Å². The lowest BCUT2D eigenvalue weighted by molar-refractivity contribution is -0.384. The second-order valence-electron chi connectivity index (χ2n) is 11.9. The van der Waals surface area contributed by atoms with Crippen molar-refractivity contribution in [1.29, 1.82) is 0 Å². The predicted molar refractivity (Wildman–Crippen MR) is 176 cm³/mol. The number of aryl methyl sites for hydroxylation is 1. The number of imide groups is 1. The number of carbonyl (C=O) groups is 4. The summed E-state index contributed by atoms with van der Waals surface area (Å²) in [6, 6.07) is 19.2. The number of nitro groups is 1. The van der Waals surface area contributed by atoms with E-state index in [4.69, 9.17) is 9.72 Å². The van der Waals surface area contributed by atoms with Crippen LogP contribution in [0.1, 0.15) is 32.7 Å². The third-order valence-corrected chi connectivity index (χ3v) is 12.6. The van der Waals surface area contributed by atoms with Crippen molar-refractivity contribution in [2.75, 3.05) is 11.5 Å². The number of Topliss-reactive ketones (excluding diaryl/α,β-unsaturated/α-hetero) is 1. The average molecular weight is 747 g/mol. The number of halogens is 2. The molecule has 3 fully saturated rings. The minimum Gasteiger partial charge on any atom is -0.454 e. The van der Waals surface area contributed by atoms with Crippen LogP contribution in [0, 0.1) is 40.7 Å². The molecule has 1 saturated heterocycles. The van der Waals surface area contributed by atoms with Crippen molar-refractivity contribution in [2.24, 2.45) is 23.7 Å². The summed E-state index contributed by atoms with van der Waals surface area (Å²) in [5, 5.41) is 11.6. The summed E-state index contributed by atoms with van der Waals surface area (Å²) in [7, 11) is 0. The van der Waals surface area contributed by atoms with Gasteiger partial charge >= 0.3 is 5.97 Å². The Morgan fingerprint density at radius 1 is 0.957 bits per heavy atom. The first-order valence-corrected chi connectivity index (χ1v) is 16.5. The number of nitro benzene ring substituents is 1. The Morgan fingerprint density at radius 3 is 2.26 bits per heavy atom. The molecule has 1 aromatic heterocycles. The van der Waals surface area contributed by atoms with Crippen LogP contribution in [0.3, 0.4) is 0 Å². The Bertz CT molecular complexity index is 1950. The molecule has 0 N–H and O–H groups in total. The van der Waals surface area contributed by atoms with Gasteiger partial charge in [0.25, 0.3) is 5.69 Å². The van der Waals surface area contributed by atoms with Crippen LogP contribution in [0.15, 0.2) is 72.8 Å². The van der Waals surface area contributed by atoms with E-state index in [2.05, 4.69) is 31.9 Å². The Balaban J connectivity index is 1.15. The van der Waals surface area contributed by atoms with Gasteiger partial charge in [-0.3, -0.25) is 29.4 Å². The molecule has 0 radical (unpaired) electrons. The normalized spacial score (nSPS) is 24.8. The van der Waals surface area contributed by atoms with Gasteiger partial charge in [0.05, 0.1) is 39.2 Å². The number of pyridine rings is 1. The number of benzene rings is 3. The Labute approximate surface area is 279 Å². The molecule has 7 rings (SSSR count). The highest BCUT2D eigenvalue weighted by Crippen LogP contribution is 2.60. The number of hydrogen-bond acceptors (Lipinski definition) is 8. The number of hydrogen-bond donors (Lipinski definition) is 0. The van der Waals surface area contributed by atoms with Crippen LogP contribution < -0.4 is 4.90 Å². The zero-order valence-corrected chi connectivity index (χ0v) is 27.4. The minimum absolute atomic E-state index is 0.0588. The van der Waals surface area contributed by atoms with Crippen LogP contribution >= 0.6 is 31.9 Å². The van der Waals surface area contributed by atoms with Gasteiger partial charge in [-0.1, -0.05) is 74.3 Å². The summed E-state index contributed by atoms with van der Waals surface area (Å²) in [5.74, 6) is -2.07. The zero-order valence-electron chi connectivity index (χ0n) is 24.3. The lowest BCUT2D eigenvalue weighted by atomic mass is 9.81. The number of non-ortho nitro benzene ring substituents is 1. The number of rotatable bonds is 7. The van der Waals surface area contributed by atoms with Gasteiger partial charge in [-0.05, 0) is 48.9 Å². The van der Waals surface area contributed by atoms with Crippen LogP contribution in [0.25, 0.3) is 22.2 Å². The molecule has 12 heteroatoms. The van der Waals surface area contributed by atoms with Gasteiger partial charge in [-0.25, -0.2) is 9.78 Å². The highest BCUT2D eigenvalue weighted by molar-refractivity contribution is 9.12. The van der Waals surface area contributed by atoms with Crippen molar-refractivity contribution in [1.82, 2.24) is 4.98 Å². The van der Waals surface area contributed by atoms with E-state index in [1.165, 1.54) is 23.1 Å². The maximum absolute atomic E-state index is 13.5. The molecule has 0 spiro atoms. The molecule has 2 heterocycles. The third-order valence-electron chi connectivity index (χ3n) is 9.38. The third kappa shape index (κ3) is 4.85. The smallest absolute Gasteiger partial charge is 0.339 e. The van der Waals surface area contributed by atoms with Gasteiger partial charge < -0.3 is 4.74 Å². The molecule has 46 heavy (non-hydrogen) atoms. The summed E-state index contributed by atoms with van der Waals surface area (Å²) in [6.45, 7) is 1.26. The topological polar surface area (TPSA) is 137 Å². The summed E-state index contributed by atoms with van der Waals surface area (Å²) in [6.07, 6.45) is 0.853. The molecule has 6 atom stereocenters. The lowest BCUT2D eigenvalue weighted by Crippen LogP contribution is -2.37. The number of anilines is 1. The number of esters is 1. The van der Waals surface area contributed by atoms with Gasteiger partial charge in [0.1, 0.15) is 0 Å². The molecule has 232 valence electrons. The number of nitrogens with zero attached hydrogens (tertiary/aromatic N) is 3. The maximum Gasteiger partial charge on any atom is 0.339 e. The molecule has 3 aliphatic rings. The van der Waals surface area contributed by atoms with Crippen molar-refractivity contribution in [3.63, 3.8) is 0 Å². The van der Waals surface area contributed by atoms with Gasteiger partial charge in [0.15, 0.2) is 6.61 Å². The van der Waals surface area contributed by atoms with E-state index in [9.17, 15) is 29.3 Å². The number of ether oxygens (including phenoxy) is 1. The van der Waals surface area contributed by atoms with E-state index in [0.717, 1.165) is 18.1 Å². The SMILES string of the molecule is Cc1cccc2c(C(=O)OCC(=O)c3cccc([N+](=O)[O-])c3)cc(-c3ccc(N4C(=O)C5C6CC(C(Br)C6Br)C5C4=O)cc3)nc12. The Kier molecular flexibility index (Phi) is 7.59. The largest absolute Gasteiger partial charge is 0.454 e. The van der Waals surface area contributed by atoms with E-state index in [1.807, 2.05) is 13.0 Å². The van der Waals surface area contributed by atoms with Crippen molar-refractivity contribution in [3.8, 4) is 11.3 Å². The van der Waals surface area contributed by atoms with Gasteiger partial charge in [-0.15, -0.1) is 0 Å². The predicted octanol–water partition coefficient (Wildman–Crippen LogP) is 6.44. The fourth-order valence-corrected chi connectivity index (χ4v) is 9.05. The number of ketones is 1. The van der Waals surface area contributed by atoms with E-state index >= 15 is 0 Å². The van der Waals surface area contributed by atoms with Gasteiger partial charge in [0.2, 0.25) is 17.6 Å². The highest BCUT2D eigenvalue weighted by Gasteiger charge is 2.66. The number of fused-ring (bicyclic) bond motifs is 6. The summed E-state index contributed by atoms with van der Waals surface area (Å²) in [5.41, 5.74) is 3.01. The van der Waals surface area contributed by atoms with E-state index in [1.54, 1.807) is 42.5 Å². The molecule has 4 aromatic rings. The van der Waals surface area contributed by atoms with Crippen LogP contribution in [0.2, 0.25) is 0 Å². The molecular weight excluding hydrogens is 722 g/mol. The second kappa shape index (κ2) is 11.5. The minimum atomic E-state index is -0.751. The van der Waals surface area contributed by atoms with E-state index in [-0.39, 0.29) is 62.0 Å². The average Bonchev–Trinajstić information content (AvgIpc) is 3.68. The molecule has 2 bridgehead atoms. The second-order valence-corrected chi connectivity index (χ2v) is 14.0. The van der Waals surface area contributed by atoms with Crippen molar-refractivity contribution in [2.45, 2.75) is 23.0 Å². The molecule has 6 unspecified atom stereocenters. The van der Waals surface area contributed by atoms with Crippen molar-refractivity contribution >= 4 is 77.7 Å². The summed E-state index contributed by atoms with van der Waals surface area (Å²) in [4.78, 5) is 70.0. The van der Waals surface area contributed by atoms with Crippen LogP contribution in [0.4, 0.5) is 11.4 Å². The Hall–Kier alpha value is -4.29. The molecule has 2 amide bonds. The molecule has 10 nitrogen and oxygen atoms in total. The molecular formula is C34H25Br2N3O7. The number of carbonyl (C=O) groups excluding carboxylic acids is 4. The number of para-hydroxylation sites is 1. The highest BCUT2D eigenvalue weighted by atomic mass is 79.9. The van der Waals surface area contributed by atoms with Gasteiger partial charge in [0, 0.05) is 38.3 Å². The Morgan fingerprint density at radius 2 is 1.61 bits per heavy atom. The van der Waals surface area contributed by atoms with E-state index < -0.39 is 23.3 Å². The first kappa shape index (κ1) is 30.4. The number of amides is 2. The molecule has 1 aliphatic heterocycles. The zero-order chi connectivity index (χ0) is 32.4. The van der Waals surface area contributed by atoms with Crippen molar-refractivity contribution < 1.29 is 28.8 Å². The molecule has 2 saturated carbocycles. The monoisotopic (exact) mass is 745 g/mol. The first-order chi connectivity index (χ1) is 22.0. The fourth-order valence-electron chi connectivity index (χ4n) is 7.18. The molecule has 2 aliphatic carbocycles. The number of aromatic nitrogens is 1. The summed E-state index contributed by atoms with van der Waals surface area (Å²) < 4.78 is 5.39. The van der Waals surface area contributed by atoms with Crippen LogP contribution in [0.5, 0.6) is 0 Å². The first-order valence-electron chi connectivity index (χ1n) is 14.7. The van der Waals surface area contributed by atoms with Crippen LogP contribution in [-0.2, 0) is 14.3 Å². The van der Waals surface area contributed by atoms with Gasteiger partial charge in [-0.2, -0.15) is 0 Å².